The van der Waals surface area contributed by atoms with E-state index < -0.39 is 0 Å². The van der Waals surface area contributed by atoms with Crippen molar-refractivity contribution in [2.75, 3.05) is 7.11 Å². The smallest absolute Gasteiger partial charge is 0.338 e. The third-order valence-corrected chi connectivity index (χ3v) is 3.66. The van der Waals surface area contributed by atoms with E-state index in [0.717, 1.165) is 10.5 Å². The standard InChI is InChI=1S/C15H13FO2S/c1-18-15(17)14-8-3-2-5-11(14)10-19-13-7-4-6-12(16)9-13/h2-9H,10H2,1H3. The first-order valence-corrected chi connectivity index (χ1v) is 6.74. The molecule has 0 aliphatic rings. The van der Waals surface area contributed by atoms with Crippen LogP contribution < -0.4 is 0 Å². The Morgan fingerprint density at radius 3 is 2.74 bits per heavy atom. The number of carbonyl (C=O) groups excluding carboxylic acids is 1. The van der Waals surface area contributed by atoms with Gasteiger partial charge >= 0.3 is 5.97 Å². The van der Waals surface area contributed by atoms with Crippen molar-refractivity contribution < 1.29 is 13.9 Å². The lowest BCUT2D eigenvalue weighted by atomic mass is 10.1. The number of esters is 1. The molecule has 2 rings (SSSR count). The lowest BCUT2D eigenvalue weighted by molar-refractivity contribution is 0.0600. The first kappa shape index (κ1) is 13.6. The van der Waals surface area contributed by atoms with Crippen LogP contribution in [0.2, 0.25) is 0 Å². The molecule has 98 valence electrons. The van der Waals surface area contributed by atoms with Crippen LogP contribution in [0.1, 0.15) is 15.9 Å². The van der Waals surface area contributed by atoms with Crippen LogP contribution in [0.4, 0.5) is 4.39 Å². The predicted molar refractivity (Wildman–Crippen MR) is 73.7 cm³/mol. The highest BCUT2D eigenvalue weighted by molar-refractivity contribution is 7.98. The van der Waals surface area contributed by atoms with Gasteiger partial charge in [-0.2, -0.15) is 0 Å². The molecule has 19 heavy (non-hydrogen) atoms. The summed E-state index contributed by atoms with van der Waals surface area (Å²) in [6.45, 7) is 0. The van der Waals surface area contributed by atoms with E-state index in [1.165, 1.54) is 31.0 Å². The average molecular weight is 276 g/mol. The van der Waals surface area contributed by atoms with Crippen molar-refractivity contribution in [3.8, 4) is 0 Å². The van der Waals surface area contributed by atoms with Crippen molar-refractivity contribution in [2.45, 2.75) is 10.6 Å². The van der Waals surface area contributed by atoms with E-state index in [1.807, 2.05) is 18.2 Å². The fraction of sp³-hybridized carbons (Fsp3) is 0.133. The molecule has 2 aromatic carbocycles. The molecule has 2 nitrogen and oxygen atoms in total. The summed E-state index contributed by atoms with van der Waals surface area (Å²) in [6.07, 6.45) is 0. The summed E-state index contributed by atoms with van der Waals surface area (Å²) in [5, 5.41) is 0. The second-order valence-corrected chi connectivity index (χ2v) is 4.94. The largest absolute Gasteiger partial charge is 0.465 e. The molecule has 4 heteroatoms. The molecule has 0 spiro atoms. The van der Waals surface area contributed by atoms with Crippen molar-refractivity contribution in [3.63, 3.8) is 0 Å². The zero-order chi connectivity index (χ0) is 13.7. The number of hydrogen-bond acceptors (Lipinski definition) is 3. The van der Waals surface area contributed by atoms with Gasteiger partial charge in [0.05, 0.1) is 12.7 Å². The number of thioether (sulfide) groups is 1. The molecule has 0 fully saturated rings. The van der Waals surface area contributed by atoms with Gasteiger partial charge in [0, 0.05) is 10.6 Å². The summed E-state index contributed by atoms with van der Waals surface area (Å²) in [6, 6.07) is 13.7. The van der Waals surface area contributed by atoms with Gasteiger partial charge in [0.2, 0.25) is 0 Å². The van der Waals surface area contributed by atoms with E-state index in [-0.39, 0.29) is 11.8 Å². The first-order valence-electron chi connectivity index (χ1n) is 5.75. The quantitative estimate of drug-likeness (QED) is 0.625. The maximum atomic E-state index is 13.1. The summed E-state index contributed by atoms with van der Waals surface area (Å²) in [4.78, 5) is 12.4. The van der Waals surface area contributed by atoms with E-state index in [9.17, 15) is 9.18 Å². The normalized spacial score (nSPS) is 10.2. The Morgan fingerprint density at radius 1 is 1.21 bits per heavy atom. The number of methoxy groups -OCH3 is 1. The van der Waals surface area contributed by atoms with Gasteiger partial charge in [0.25, 0.3) is 0 Å². The Bertz CT molecular complexity index is 584. The molecule has 0 heterocycles. The van der Waals surface area contributed by atoms with E-state index in [2.05, 4.69) is 0 Å². The highest BCUT2D eigenvalue weighted by Gasteiger charge is 2.10. The molecule has 0 atom stereocenters. The Labute approximate surface area is 115 Å². The molecule has 0 aliphatic heterocycles. The number of benzene rings is 2. The van der Waals surface area contributed by atoms with E-state index in [0.29, 0.717) is 11.3 Å². The summed E-state index contributed by atoms with van der Waals surface area (Å²) in [5.74, 6) is -0.0176. The van der Waals surface area contributed by atoms with Crippen molar-refractivity contribution in [1.29, 1.82) is 0 Å². The molecule has 0 aromatic heterocycles. The van der Waals surface area contributed by atoms with E-state index >= 15 is 0 Å². The minimum atomic E-state index is -0.351. The lowest BCUT2D eigenvalue weighted by Crippen LogP contribution is -2.04. The Morgan fingerprint density at radius 2 is 2.00 bits per heavy atom. The van der Waals surface area contributed by atoms with Crippen LogP contribution in [0.5, 0.6) is 0 Å². The van der Waals surface area contributed by atoms with Crippen LogP contribution in [0.15, 0.2) is 53.4 Å². The molecule has 0 aliphatic carbocycles. The lowest BCUT2D eigenvalue weighted by Gasteiger charge is -2.07. The van der Waals surface area contributed by atoms with Crippen LogP contribution in [0.25, 0.3) is 0 Å². The van der Waals surface area contributed by atoms with Crippen LogP contribution in [0.3, 0.4) is 0 Å². The monoisotopic (exact) mass is 276 g/mol. The zero-order valence-electron chi connectivity index (χ0n) is 10.4. The Hall–Kier alpha value is -1.81. The maximum Gasteiger partial charge on any atom is 0.338 e. The molecule has 0 radical (unpaired) electrons. The van der Waals surface area contributed by atoms with Gasteiger partial charge in [-0.3, -0.25) is 0 Å². The second-order valence-electron chi connectivity index (χ2n) is 3.89. The molecule has 0 unspecified atom stereocenters. The molecule has 0 bridgehead atoms. The fourth-order valence-electron chi connectivity index (χ4n) is 1.67. The van der Waals surface area contributed by atoms with Gasteiger partial charge < -0.3 is 4.74 Å². The van der Waals surface area contributed by atoms with Gasteiger partial charge in [0.15, 0.2) is 0 Å². The molecular weight excluding hydrogens is 263 g/mol. The third-order valence-electron chi connectivity index (χ3n) is 2.61. The number of ether oxygens (including phenoxy) is 1. The fourth-order valence-corrected chi connectivity index (χ4v) is 2.62. The highest BCUT2D eigenvalue weighted by atomic mass is 32.2. The summed E-state index contributed by atoms with van der Waals surface area (Å²) in [7, 11) is 1.36. The number of halogens is 1. The highest BCUT2D eigenvalue weighted by Crippen LogP contribution is 2.25. The maximum absolute atomic E-state index is 13.1. The van der Waals surface area contributed by atoms with Gasteiger partial charge in [-0.05, 0) is 29.8 Å². The summed E-state index contributed by atoms with van der Waals surface area (Å²) >= 11 is 1.48. The van der Waals surface area contributed by atoms with Crippen molar-refractivity contribution in [3.05, 3.63) is 65.5 Å². The average Bonchev–Trinajstić information content (AvgIpc) is 2.45. The SMILES string of the molecule is COC(=O)c1ccccc1CSc1cccc(F)c1. The molecule has 0 amide bonds. The summed E-state index contributed by atoms with van der Waals surface area (Å²) < 4.78 is 17.8. The number of hydrogen-bond donors (Lipinski definition) is 0. The van der Waals surface area contributed by atoms with Crippen LogP contribution in [-0.2, 0) is 10.5 Å². The van der Waals surface area contributed by atoms with Gasteiger partial charge in [0.1, 0.15) is 5.82 Å². The second kappa shape index (κ2) is 6.38. The Kier molecular flexibility index (Phi) is 4.58. The van der Waals surface area contributed by atoms with E-state index in [4.69, 9.17) is 4.74 Å². The topological polar surface area (TPSA) is 26.3 Å². The van der Waals surface area contributed by atoms with Crippen molar-refractivity contribution >= 4 is 17.7 Å². The minimum absolute atomic E-state index is 0.258. The number of rotatable bonds is 4. The molecule has 0 saturated carbocycles. The minimum Gasteiger partial charge on any atom is -0.465 e. The molecule has 2 aromatic rings. The van der Waals surface area contributed by atoms with Crippen LogP contribution in [0, 0.1) is 5.82 Å². The number of carbonyl (C=O) groups is 1. The van der Waals surface area contributed by atoms with Crippen molar-refractivity contribution in [2.24, 2.45) is 0 Å². The zero-order valence-corrected chi connectivity index (χ0v) is 11.2. The predicted octanol–water partition coefficient (Wildman–Crippen LogP) is 3.90. The molecule has 0 saturated heterocycles. The van der Waals surface area contributed by atoms with Gasteiger partial charge in [-0.15, -0.1) is 11.8 Å². The van der Waals surface area contributed by atoms with Crippen molar-refractivity contribution in [1.82, 2.24) is 0 Å². The van der Waals surface area contributed by atoms with E-state index in [1.54, 1.807) is 18.2 Å². The third kappa shape index (κ3) is 3.58. The van der Waals surface area contributed by atoms with Crippen LogP contribution >= 0.6 is 11.8 Å². The van der Waals surface area contributed by atoms with Gasteiger partial charge in [-0.1, -0.05) is 24.3 Å². The van der Waals surface area contributed by atoms with Crippen LogP contribution in [-0.4, -0.2) is 13.1 Å². The van der Waals surface area contributed by atoms with Gasteiger partial charge in [-0.25, -0.2) is 9.18 Å². The molecular formula is C15H13FO2S. The first-order chi connectivity index (χ1) is 9.20. The Balaban J connectivity index is 2.13. The molecule has 0 N–H and O–H groups in total. The summed E-state index contributed by atoms with van der Waals surface area (Å²) in [5.41, 5.74) is 1.43.